The molecule has 40 heavy (non-hydrogen) atoms. The summed E-state index contributed by atoms with van der Waals surface area (Å²) >= 11 is 18.3. The lowest BCUT2D eigenvalue weighted by molar-refractivity contribution is -0.140. The first-order chi connectivity index (χ1) is 18.9. The molecule has 0 spiro atoms. The molecule has 0 fully saturated rings. The number of rotatable bonds is 12. The molecule has 214 valence electrons. The molecule has 0 heterocycles. The third kappa shape index (κ3) is 8.13. The first kappa shape index (κ1) is 31.7. The SMILES string of the molecule is CCC(C(=O)NCC(C)C)N(Cc1ccc(Cl)c(Cl)c1)C(=O)CN(c1ccccc1)S(=O)(=O)c1ccc(Cl)cc1. The van der Waals surface area contributed by atoms with Gasteiger partial charge in [-0.1, -0.05) is 79.8 Å². The third-order valence-electron chi connectivity index (χ3n) is 6.13. The smallest absolute Gasteiger partial charge is 0.264 e. The molecular formula is C29H32Cl3N3O4S. The van der Waals surface area contributed by atoms with E-state index >= 15 is 0 Å². The van der Waals surface area contributed by atoms with Gasteiger partial charge in [0, 0.05) is 18.1 Å². The molecular weight excluding hydrogens is 593 g/mol. The summed E-state index contributed by atoms with van der Waals surface area (Å²) in [5.74, 6) is -0.672. The van der Waals surface area contributed by atoms with Crippen molar-refractivity contribution in [2.24, 2.45) is 5.92 Å². The maximum Gasteiger partial charge on any atom is 0.264 e. The van der Waals surface area contributed by atoms with Crippen molar-refractivity contribution < 1.29 is 18.0 Å². The number of carbonyl (C=O) groups is 2. The quantitative estimate of drug-likeness (QED) is 0.252. The highest BCUT2D eigenvalue weighted by molar-refractivity contribution is 7.92. The van der Waals surface area contributed by atoms with Crippen LogP contribution in [0.1, 0.15) is 32.8 Å². The molecule has 1 N–H and O–H groups in total. The maximum absolute atomic E-state index is 14.0. The second-order valence-corrected chi connectivity index (χ2v) is 12.7. The summed E-state index contributed by atoms with van der Waals surface area (Å²) < 4.78 is 28.6. The van der Waals surface area contributed by atoms with Crippen LogP contribution in [0.2, 0.25) is 15.1 Å². The minimum atomic E-state index is -4.17. The lowest BCUT2D eigenvalue weighted by Crippen LogP contribution is -2.52. The van der Waals surface area contributed by atoms with Crippen LogP contribution in [0.15, 0.2) is 77.7 Å². The highest BCUT2D eigenvalue weighted by Gasteiger charge is 2.33. The second-order valence-electron chi connectivity index (χ2n) is 9.63. The molecule has 0 saturated heterocycles. The summed E-state index contributed by atoms with van der Waals surface area (Å²) in [4.78, 5) is 28.6. The van der Waals surface area contributed by atoms with Crippen LogP contribution in [0.5, 0.6) is 0 Å². The van der Waals surface area contributed by atoms with Crippen LogP contribution in [-0.4, -0.2) is 44.3 Å². The van der Waals surface area contributed by atoms with Gasteiger partial charge in [-0.05, 0) is 66.4 Å². The summed E-state index contributed by atoms with van der Waals surface area (Å²) in [6.45, 7) is 5.66. The van der Waals surface area contributed by atoms with Crippen LogP contribution in [0.3, 0.4) is 0 Å². The van der Waals surface area contributed by atoms with E-state index in [9.17, 15) is 18.0 Å². The van der Waals surface area contributed by atoms with Gasteiger partial charge in [-0.2, -0.15) is 0 Å². The number of hydrogen-bond donors (Lipinski definition) is 1. The highest BCUT2D eigenvalue weighted by Crippen LogP contribution is 2.27. The van der Waals surface area contributed by atoms with E-state index in [1.54, 1.807) is 55.5 Å². The molecule has 0 bridgehead atoms. The van der Waals surface area contributed by atoms with Crippen molar-refractivity contribution in [3.05, 3.63) is 93.4 Å². The molecule has 0 aliphatic heterocycles. The fourth-order valence-corrected chi connectivity index (χ4v) is 5.89. The number of halogens is 3. The van der Waals surface area contributed by atoms with E-state index < -0.39 is 28.5 Å². The van der Waals surface area contributed by atoms with Gasteiger partial charge in [0.2, 0.25) is 11.8 Å². The van der Waals surface area contributed by atoms with Gasteiger partial charge in [0.1, 0.15) is 12.6 Å². The molecule has 1 atom stereocenters. The fourth-order valence-electron chi connectivity index (χ4n) is 4.03. The summed E-state index contributed by atoms with van der Waals surface area (Å²) in [7, 11) is -4.17. The number of hydrogen-bond acceptors (Lipinski definition) is 4. The summed E-state index contributed by atoms with van der Waals surface area (Å²) in [6, 6.07) is 18.2. The number of nitrogens with zero attached hydrogens (tertiary/aromatic N) is 2. The van der Waals surface area contributed by atoms with Gasteiger partial charge in [-0.25, -0.2) is 8.42 Å². The number of anilines is 1. The summed E-state index contributed by atoms with van der Waals surface area (Å²) in [5, 5.41) is 3.94. The average molecular weight is 625 g/mol. The molecule has 2 amide bonds. The number of benzene rings is 3. The van der Waals surface area contributed by atoms with E-state index in [1.807, 2.05) is 13.8 Å². The maximum atomic E-state index is 14.0. The first-order valence-corrected chi connectivity index (χ1v) is 15.4. The molecule has 3 aromatic carbocycles. The van der Waals surface area contributed by atoms with E-state index in [0.717, 1.165) is 4.31 Å². The van der Waals surface area contributed by atoms with Crippen LogP contribution in [0.25, 0.3) is 0 Å². The Labute approximate surface area is 251 Å². The number of amides is 2. The Hall–Kier alpha value is -2.78. The van der Waals surface area contributed by atoms with Crippen molar-refractivity contribution in [1.82, 2.24) is 10.2 Å². The minimum Gasteiger partial charge on any atom is -0.354 e. The van der Waals surface area contributed by atoms with Crippen LogP contribution in [-0.2, 0) is 26.2 Å². The van der Waals surface area contributed by atoms with Gasteiger partial charge in [-0.3, -0.25) is 13.9 Å². The Bertz CT molecular complexity index is 1420. The van der Waals surface area contributed by atoms with Crippen molar-refractivity contribution in [2.75, 3.05) is 17.4 Å². The highest BCUT2D eigenvalue weighted by atomic mass is 35.5. The Kier molecular flexibility index (Phi) is 11.3. The molecule has 3 aromatic rings. The third-order valence-corrected chi connectivity index (χ3v) is 8.91. The zero-order valence-electron chi connectivity index (χ0n) is 22.5. The van der Waals surface area contributed by atoms with E-state index in [-0.39, 0.29) is 23.3 Å². The van der Waals surface area contributed by atoms with Crippen LogP contribution >= 0.6 is 34.8 Å². The van der Waals surface area contributed by atoms with Gasteiger partial charge >= 0.3 is 0 Å². The van der Waals surface area contributed by atoms with Crippen LogP contribution in [0.4, 0.5) is 5.69 Å². The Morgan fingerprint density at radius 1 is 0.900 bits per heavy atom. The molecule has 0 aliphatic rings. The molecule has 1 unspecified atom stereocenters. The van der Waals surface area contributed by atoms with Crippen molar-refractivity contribution >= 4 is 62.3 Å². The molecule has 0 radical (unpaired) electrons. The normalized spacial score (nSPS) is 12.2. The molecule has 0 aliphatic carbocycles. The predicted molar refractivity (Wildman–Crippen MR) is 161 cm³/mol. The fraction of sp³-hybridized carbons (Fsp3) is 0.310. The zero-order valence-corrected chi connectivity index (χ0v) is 25.6. The molecule has 0 saturated carbocycles. The lowest BCUT2D eigenvalue weighted by atomic mass is 10.1. The number of para-hydroxylation sites is 1. The van der Waals surface area contributed by atoms with Crippen molar-refractivity contribution in [3.63, 3.8) is 0 Å². The topological polar surface area (TPSA) is 86.8 Å². The van der Waals surface area contributed by atoms with E-state index in [0.29, 0.717) is 39.3 Å². The average Bonchev–Trinajstić information content (AvgIpc) is 2.92. The van der Waals surface area contributed by atoms with Crippen LogP contribution in [0, 0.1) is 5.92 Å². The molecule has 3 rings (SSSR count). The van der Waals surface area contributed by atoms with E-state index in [4.69, 9.17) is 34.8 Å². The standard InChI is InChI=1S/C29H32Cl3N3O4S/c1-4-27(29(37)33-17-20(2)3)34(18-21-10-15-25(31)26(32)16-21)28(36)19-35(23-8-6-5-7-9-23)40(38,39)24-13-11-22(30)12-14-24/h5-16,20,27H,4,17-19H2,1-3H3,(H,33,37). The van der Waals surface area contributed by atoms with Gasteiger partial charge in [0.05, 0.1) is 20.6 Å². The van der Waals surface area contributed by atoms with E-state index in [2.05, 4.69) is 5.32 Å². The molecule has 0 aromatic heterocycles. The van der Waals surface area contributed by atoms with Crippen LogP contribution < -0.4 is 9.62 Å². The predicted octanol–water partition coefficient (Wildman–Crippen LogP) is 6.42. The summed E-state index contributed by atoms with van der Waals surface area (Å²) in [5.41, 5.74) is 0.947. The number of sulfonamides is 1. The minimum absolute atomic E-state index is 0.0208. The van der Waals surface area contributed by atoms with Crippen molar-refractivity contribution in [1.29, 1.82) is 0 Å². The van der Waals surface area contributed by atoms with Gasteiger partial charge in [0.15, 0.2) is 0 Å². The Morgan fingerprint density at radius 2 is 1.55 bits per heavy atom. The largest absolute Gasteiger partial charge is 0.354 e. The first-order valence-electron chi connectivity index (χ1n) is 12.8. The number of carbonyl (C=O) groups excluding carboxylic acids is 2. The van der Waals surface area contributed by atoms with Crippen molar-refractivity contribution in [3.8, 4) is 0 Å². The molecule has 7 nitrogen and oxygen atoms in total. The lowest BCUT2D eigenvalue weighted by Gasteiger charge is -2.33. The second kappa shape index (κ2) is 14.2. The Morgan fingerprint density at radius 3 is 2.12 bits per heavy atom. The summed E-state index contributed by atoms with van der Waals surface area (Å²) in [6.07, 6.45) is 0.312. The number of nitrogens with one attached hydrogen (secondary N) is 1. The Balaban J connectivity index is 2.03. The van der Waals surface area contributed by atoms with Gasteiger partial charge in [-0.15, -0.1) is 0 Å². The van der Waals surface area contributed by atoms with Gasteiger partial charge < -0.3 is 10.2 Å². The van der Waals surface area contributed by atoms with Gasteiger partial charge in [0.25, 0.3) is 10.0 Å². The van der Waals surface area contributed by atoms with E-state index in [1.165, 1.54) is 29.2 Å². The molecule has 11 heteroatoms. The zero-order chi connectivity index (χ0) is 29.4. The van der Waals surface area contributed by atoms with Crippen molar-refractivity contribution in [2.45, 2.75) is 44.7 Å². The monoisotopic (exact) mass is 623 g/mol.